The van der Waals surface area contributed by atoms with Gasteiger partial charge in [0, 0.05) is 12.2 Å². The van der Waals surface area contributed by atoms with Gasteiger partial charge in [0.15, 0.2) is 0 Å². The van der Waals surface area contributed by atoms with Gasteiger partial charge in [0.25, 0.3) is 0 Å². The second kappa shape index (κ2) is 4.33. The molecule has 5 heteroatoms. The van der Waals surface area contributed by atoms with Crippen LogP contribution in [0.2, 0.25) is 0 Å². The summed E-state index contributed by atoms with van der Waals surface area (Å²) in [4.78, 5) is 7.05. The highest BCUT2D eigenvalue weighted by Gasteiger charge is 2.28. The number of nitrogens with two attached hydrogens (primary N) is 1. The van der Waals surface area contributed by atoms with Crippen LogP contribution in [0, 0.1) is 6.92 Å². The van der Waals surface area contributed by atoms with Crippen molar-refractivity contribution in [2.24, 2.45) is 5.73 Å². The van der Waals surface area contributed by atoms with Crippen molar-refractivity contribution in [1.82, 2.24) is 19.5 Å². The smallest absolute Gasteiger partial charge is 0.127 e. The number of hydrogen-bond acceptors (Lipinski definition) is 4. The molecular formula is C13H19N5. The lowest BCUT2D eigenvalue weighted by Crippen LogP contribution is -2.40. The molecule has 0 aromatic carbocycles. The van der Waals surface area contributed by atoms with Crippen LogP contribution in [-0.4, -0.2) is 39.1 Å². The molecule has 0 aliphatic carbocycles. The quantitative estimate of drug-likeness (QED) is 0.818. The Balaban J connectivity index is 2.08. The van der Waals surface area contributed by atoms with E-state index in [1.165, 1.54) is 0 Å². The van der Waals surface area contributed by atoms with E-state index in [4.69, 9.17) is 10.7 Å². The maximum atomic E-state index is 6.10. The van der Waals surface area contributed by atoms with Gasteiger partial charge in [-0.1, -0.05) is 0 Å². The third-order valence-electron chi connectivity index (χ3n) is 3.83. The van der Waals surface area contributed by atoms with Crippen LogP contribution in [-0.2, 0) is 0 Å². The van der Waals surface area contributed by atoms with Gasteiger partial charge in [0.1, 0.15) is 5.82 Å². The summed E-state index contributed by atoms with van der Waals surface area (Å²) in [5, 5.41) is 4.34. The molecule has 96 valence electrons. The van der Waals surface area contributed by atoms with Gasteiger partial charge in [-0.15, -0.1) is 0 Å². The molecule has 18 heavy (non-hydrogen) atoms. The number of piperidine rings is 1. The first-order chi connectivity index (χ1) is 8.66. The summed E-state index contributed by atoms with van der Waals surface area (Å²) < 4.78 is 1.91. The van der Waals surface area contributed by atoms with Crippen LogP contribution in [0.4, 0.5) is 0 Å². The molecule has 0 bridgehead atoms. The number of fused-ring (bicyclic) bond motifs is 1. The normalized spacial score (nSPS) is 25.7. The van der Waals surface area contributed by atoms with Crippen LogP contribution in [0.25, 0.3) is 5.52 Å². The molecule has 2 unspecified atom stereocenters. The Bertz CT molecular complexity index is 562. The molecule has 3 heterocycles. The molecule has 5 nitrogen and oxygen atoms in total. The lowest BCUT2D eigenvalue weighted by atomic mass is 9.96. The first-order valence-corrected chi connectivity index (χ1v) is 6.43. The van der Waals surface area contributed by atoms with Crippen LogP contribution in [0.5, 0.6) is 0 Å². The van der Waals surface area contributed by atoms with Gasteiger partial charge in [-0.3, -0.25) is 4.90 Å². The maximum Gasteiger partial charge on any atom is 0.127 e. The average molecular weight is 245 g/mol. The maximum absolute atomic E-state index is 6.10. The molecule has 1 aliphatic rings. The van der Waals surface area contributed by atoms with E-state index in [0.29, 0.717) is 6.04 Å². The summed E-state index contributed by atoms with van der Waals surface area (Å²) in [6.07, 6.45) is 3.83. The fraction of sp³-hybridized carbons (Fsp3) is 0.538. The minimum absolute atomic E-state index is 0.278. The molecule has 1 aliphatic heterocycles. The Kier molecular flexibility index (Phi) is 2.80. The number of rotatable bonds is 1. The molecule has 2 aromatic heterocycles. The van der Waals surface area contributed by atoms with E-state index in [2.05, 4.69) is 23.1 Å². The Morgan fingerprint density at radius 3 is 3.11 bits per heavy atom. The van der Waals surface area contributed by atoms with E-state index in [1.807, 2.05) is 17.5 Å². The van der Waals surface area contributed by atoms with E-state index in [9.17, 15) is 0 Å². The number of likely N-dealkylation sites (tertiary alicyclic amines) is 1. The summed E-state index contributed by atoms with van der Waals surface area (Å²) in [6.45, 7) is 3.02. The highest BCUT2D eigenvalue weighted by Crippen LogP contribution is 2.31. The standard InChI is InChI=1S/C13H19N5/c1-9-16-13(11-4-3-6-15-18(9)11)12-8-10(14)5-7-17(12)2/h3-4,6,10,12H,5,7-8,14H2,1-2H3. The highest BCUT2D eigenvalue weighted by atomic mass is 15.3. The number of nitrogens with zero attached hydrogens (tertiary/aromatic N) is 4. The van der Waals surface area contributed by atoms with Gasteiger partial charge in [0.2, 0.25) is 0 Å². The molecule has 2 atom stereocenters. The Hall–Kier alpha value is -1.46. The zero-order chi connectivity index (χ0) is 12.7. The zero-order valence-corrected chi connectivity index (χ0v) is 10.9. The molecule has 0 radical (unpaired) electrons. The molecule has 1 saturated heterocycles. The summed E-state index contributed by atoms with van der Waals surface area (Å²) in [5.74, 6) is 0.938. The Morgan fingerprint density at radius 2 is 2.28 bits per heavy atom. The van der Waals surface area contributed by atoms with Crippen molar-refractivity contribution in [3.63, 3.8) is 0 Å². The predicted molar refractivity (Wildman–Crippen MR) is 70.3 cm³/mol. The van der Waals surface area contributed by atoms with Crippen molar-refractivity contribution in [3.05, 3.63) is 29.8 Å². The van der Waals surface area contributed by atoms with Crippen LogP contribution in [0.15, 0.2) is 18.3 Å². The van der Waals surface area contributed by atoms with Gasteiger partial charge >= 0.3 is 0 Å². The van der Waals surface area contributed by atoms with Crippen molar-refractivity contribution in [3.8, 4) is 0 Å². The lowest BCUT2D eigenvalue weighted by Gasteiger charge is -2.34. The highest BCUT2D eigenvalue weighted by molar-refractivity contribution is 5.53. The fourth-order valence-electron chi connectivity index (χ4n) is 2.78. The molecule has 2 aromatic rings. The van der Waals surface area contributed by atoms with Gasteiger partial charge in [-0.05, 0) is 45.5 Å². The van der Waals surface area contributed by atoms with E-state index in [1.54, 1.807) is 6.20 Å². The summed E-state index contributed by atoms with van der Waals surface area (Å²) in [5.41, 5.74) is 8.31. The van der Waals surface area contributed by atoms with Gasteiger partial charge < -0.3 is 5.73 Å². The third-order valence-corrected chi connectivity index (χ3v) is 3.83. The van der Waals surface area contributed by atoms with Gasteiger partial charge in [0.05, 0.1) is 17.3 Å². The monoisotopic (exact) mass is 245 g/mol. The predicted octanol–water partition coefficient (Wildman–Crippen LogP) is 1.13. The molecule has 0 spiro atoms. The zero-order valence-electron chi connectivity index (χ0n) is 10.9. The van der Waals surface area contributed by atoms with Crippen LogP contribution >= 0.6 is 0 Å². The van der Waals surface area contributed by atoms with Crippen LogP contribution in [0.1, 0.15) is 30.4 Å². The van der Waals surface area contributed by atoms with Crippen molar-refractivity contribution in [2.45, 2.75) is 31.8 Å². The fourth-order valence-corrected chi connectivity index (χ4v) is 2.78. The van der Waals surface area contributed by atoms with E-state index < -0.39 is 0 Å². The molecule has 3 rings (SSSR count). The molecule has 2 N–H and O–H groups in total. The molecule has 0 saturated carbocycles. The van der Waals surface area contributed by atoms with Crippen molar-refractivity contribution < 1.29 is 0 Å². The van der Waals surface area contributed by atoms with Gasteiger partial charge in [-0.2, -0.15) is 5.10 Å². The number of aromatic nitrogens is 3. The number of hydrogen-bond donors (Lipinski definition) is 1. The first kappa shape index (κ1) is 11.6. The average Bonchev–Trinajstić information content (AvgIpc) is 2.71. The Morgan fingerprint density at radius 1 is 1.44 bits per heavy atom. The van der Waals surface area contributed by atoms with E-state index in [-0.39, 0.29) is 6.04 Å². The number of imidazole rings is 1. The minimum Gasteiger partial charge on any atom is -0.328 e. The second-order valence-corrected chi connectivity index (χ2v) is 5.15. The van der Waals surface area contributed by atoms with E-state index >= 15 is 0 Å². The second-order valence-electron chi connectivity index (χ2n) is 5.15. The Labute approximate surface area is 107 Å². The van der Waals surface area contributed by atoms with Crippen molar-refractivity contribution >= 4 is 5.52 Å². The lowest BCUT2D eigenvalue weighted by molar-refractivity contribution is 0.169. The summed E-state index contributed by atoms with van der Waals surface area (Å²) in [7, 11) is 2.15. The first-order valence-electron chi connectivity index (χ1n) is 6.43. The van der Waals surface area contributed by atoms with Crippen LogP contribution < -0.4 is 5.73 Å². The topological polar surface area (TPSA) is 59.5 Å². The third kappa shape index (κ3) is 1.79. The number of aryl methyl sites for hydroxylation is 1. The van der Waals surface area contributed by atoms with E-state index in [0.717, 1.165) is 36.4 Å². The summed E-state index contributed by atoms with van der Waals surface area (Å²) >= 11 is 0. The van der Waals surface area contributed by atoms with Crippen molar-refractivity contribution in [2.75, 3.05) is 13.6 Å². The molecule has 1 fully saturated rings. The molecular weight excluding hydrogens is 226 g/mol. The van der Waals surface area contributed by atoms with Crippen molar-refractivity contribution in [1.29, 1.82) is 0 Å². The van der Waals surface area contributed by atoms with Crippen LogP contribution in [0.3, 0.4) is 0 Å². The minimum atomic E-state index is 0.278. The van der Waals surface area contributed by atoms with Gasteiger partial charge in [-0.25, -0.2) is 9.50 Å². The largest absolute Gasteiger partial charge is 0.328 e. The summed E-state index contributed by atoms with van der Waals surface area (Å²) in [6, 6.07) is 4.63. The molecule has 0 amide bonds. The SMILES string of the molecule is Cc1nc(C2CC(N)CCN2C)c2cccnn12.